The molecule has 0 aromatic carbocycles. The minimum atomic E-state index is -0.277. The summed E-state index contributed by atoms with van der Waals surface area (Å²) in [5.41, 5.74) is 0.930. The number of nitrogens with one attached hydrogen (secondary N) is 1. The average Bonchev–Trinajstić information content (AvgIpc) is 2.65. The lowest BCUT2D eigenvalue weighted by Gasteiger charge is -2.21. The Kier molecular flexibility index (Phi) is 3.33. The van der Waals surface area contributed by atoms with Crippen LogP contribution in [0.3, 0.4) is 0 Å². The number of carbonyl (C=O) groups is 1. The maximum absolute atomic E-state index is 11.7. The molecule has 0 spiro atoms. The van der Waals surface area contributed by atoms with Crippen LogP contribution in [-0.2, 0) is 9.53 Å². The van der Waals surface area contributed by atoms with Gasteiger partial charge in [0.05, 0.1) is 5.69 Å². The van der Waals surface area contributed by atoms with Crippen LogP contribution in [0.1, 0.15) is 25.0 Å². The van der Waals surface area contributed by atoms with Crippen LogP contribution in [0, 0.1) is 6.92 Å². The molecule has 1 aliphatic rings. The SMILES string of the molecule is Cc1cc(NC(=O)C2CCCCO2)sn1. The highest BCUT2D eigenvalue weighted by atomic mass is 32.1. The molecular formula is C10H14N2O2S. The number of anilines is 1. The van der Waals surface area contributed by atoms with Gasteiger partial charge in [0.2, 0.25) is 0 Å². The van der Waals surface area contributed by atoms with E-state index >= 15 is 0 Å². The number of hydrogen-bond donors (Lipinski definition) is 1. The number of carbonyl (C=O) groups excluding carboxylic acids is 1. The van der Waals surface area contributed by atoms with E-state index in [1.54, 1.807) is 0 Å². The first-order valence-corrected chi connectivity index (χ1v) is 5.89. The fourth-order valence-electron chi connectivity index (χ4n) is 1.57. The van der Waals surface area contributed by atoms with Crippen LogP contribution in [0.25, 0.3) is 0 Å². The number of hydrogen-bond acceptors (Lipinski definition) is 4. The zero-order valence-corrected chi connectivity index (χ0v) is 9.47. The highest BCUT2D eigenvalue weighted by Crippen LogP contribution is 2.18. The summed E-state index contributed by atoms with van der Waals surface area (Å²) in [6.07, 6.45) is 2.67. The van der Waals surface area contributed by atoms with Crippen molar-refractivity contribution in [2.24, 2.45) is 0 Å². The average molecular weight is 226 g/mol. The minimum Gasteiger partial charge on any atom is -0.368 e. The smallest absolute Gasteiger partial charge is 0.254 e. The van der Waals surface area contributed by atoms with E-state index in [9.17, 15) is 4.79 Å². The first-order valence-electron chi connectivity index (χ1n) is 5.11. The van der Waals surface area contributed by atoms with Crippen LogP contribution in [0.15, 0.2) is 6.07 Å². The van der Waals surface area contributed by atoms with Crippen molar-refractivity contribution in [3.05, 3.63) is 11.8 Å². The van der Waals surface area contributed by atoms with Crippen LogP contribution < -0.4 is 5.32 Å². The molecule has 1 aromatic heterocycles. The summed E-state index contributed by atoms with van der Waals surface area (Å²) in [5, 5.41) is 3.62. The Bertz CT molecular complexity index is 345. The third-order valence-electron chi connectivity index (χ3n) is 2.35. The van der Waals surface area contributed by atoms with Gasteiger partial charge in [0.1, 0.15) is 11.1 Å². The molecule has 2 heterocycles. The summed E-state index contributed by atoms with van der Waals surface area (Å²) >= 11 is 1.30. The summed E-state index contributed by atoms with van der Waals surface area (Å²) in [4.78, 5) is 11.7. The minimum absolute atomic E-state index is 0.0432. The molecular weight excluding hydrogens is 212 g/mol. The molecule has 1 atom stereocenters. The van der Waals surface area contributed by atoms with Crippen LogP contribution >= 0.6 is 11.5 Å². The molecule has 1 aliphatic heterocycles. The van der Waals surface area contributed by atoms with Crippen molar-refractivity contribution in [1.29, 1.82) is 0 Å². The van der Waals surface area contributed by atoms with E-state index in [0.717, 1.165) is 30.0 Å². The van der Waals surface area contributed by atoms with Crippen LogP contribution in [0.4, 0.5) is 5.00 Å². The molecule has 5 heteroatoms. The molecule has 82 valence electrons. The highest BCUT2D eigenvalue weighted by Gasteiger charge is 2.22. The molecule has 1 N–H and O–H groups in total. The Morgan fingerprint density at radius 1 is 1.67 bits per heavy atom. The molecule has 15 heavy (non-hydrogen) atoms. The van der Waals surface area contributed by atoms with Crippen molar-refractivity contribution >= 4 is 22.4 Å². The van der Waals surface area contributed by atoms with E-state index in [2.05, 4.69) is 9.69 Å². The fraction of sp³-hybridized carbons (Fsp3) is 0.600. The lowest BCUT2D eigenvalue weighted by molar-refractivity contribution is -0.129. The largest absolute Gasteiger partial charge is 0.368 e. The van der Waals surface area contributed by atoms with Crippen LogP contribution in [0.5, 0.6) is 0 Å². The van der Waals surface area contributed by atoms with Gasteiger partial charge in [0.25, 0.3) is 5.91 Å². The summed E-state index contributed by atoms with van der Waals surface area (Å²) in [6, 6.07) is 1.87. The second-order valence-corrected chi connectivity index (χ2v) is 4.48. The van der Waals surface area contributed by atoms with Crippen molar-refractivity contribution in [3.63, 3.8) is 0 Å². The van der Waals surface area contributed by atoms with Crippen LogP contribution in [-0.4, -0.2) is 23.0 Å². The van der Waals surface area contributed by atoms with Gasteiger partial charge < -0.3 is 10.1 Å². The van der Waals surface area contributed by atoms with Gasteiger partial charge in [-0.3, -0.25) is 4.79 Å². The predicted octanol–water partition coefficient (Wildman–Crippen LogP) is 1.96. The van der Waals surface area contributed by atoms with E-state index < -0.39 is 0 Å². The van der Waals surface area contributed by atoms with Crippen molar-refractivity contribution in [2.45, 2.75) is 32.3 Å². The number of nitrogens with zero attached hydrogens (tertiary/aromatic N) is 1. The zero-order valence-electron chi connectivity index (χ0n) is 8.66. The zero-order chi connectivity index (χ0) is 10.7. The maximum Gasteiger partial charge on any atom is 0.254 e. The molecule has 1 saturated heterocycles. The number of aryl methyl sites for hydroxylation is 1. The molecule has 1 unspecified atom stereocenters. The van der Waals surface area contributed by atoms with E-state index in [-0.39, 0.29) is 12.0 Å². The Balaban J connectivity index is 1.91. The van der Waals surface area contributed by atoms with Crippen molar-refractivity contribution in [1.82, 2.24) is 4.37 Å². The van der Waals surface area contributed by atoms with Crippen molar-refractivity contribution in [2.75, 3.05) is 11.9 Å². The van der Waals surface area contributed by atoms with Gasteiger partial charge in [-0.2, -0.15) is 4.37 Å². The Morgan fingerprint density at radius 2 is 2.53 bits per heavy atom. The van der Waals surface area contributed by atoms with Crippen molar-refractivity contribution < 1.29 is 9.53 Å². The standard InChI is InChI=1S/C10H14N2O2S/c1-7-6-9(15-12-7)11-10(13)8-4-2-3-5-14-8/h6,8H,2-5H2,1H3,(H,11,13). The first kappa shape index (κ1) is 10.6. The Morgan fingerprint density at radius 3 is 3.13 bits per heavy atom. The Hall–Kier alpha value is -0.940. The molecule has 2 rings (SSSR count). The molecule has 4 nitrogen and oxygen atoms in total. The maximum atomic E-state index is 11.7. The normalized spacial score (nSPS) is 21.3. The molecule has 0 bridgehead atoms. The van der Waals surface area contributed by atoms with Gasteiger partial charge in [0, 0.05) is 6.61 Å². The quantitative estimate of drug-likeness (QED) is 0.838. The van der Waals surface area contributed by atoms with E-state index in [4.69, 9.17) is 4.74 Å². The summed E-state index contributed by atoms with van der Waals surface area (Å²) in [5.74, 6) is -0.0432. The third kappa shape index (κ3) is 2.76. The van der Waals surface area contributed by atoms with Crippen LogP contribution in [0.2, 0.25) is 0 Å². The number of amides is 1. The number of ether oxygens (including phenoxy) is 1. The number of aromatic nitrogens is 1. The summed E-state index contributed by atoms with van der Waals surface area (Å²) in [6.45, 7) is 2.60. The van der Waals surface area contributed by atoms with Gasteiger partial charge in [-0.1, -0.05) is 0 Å². The molecule has 0 saturated carbocycles. The van der Waals surface area contributed by atoms with Crippen molar-refractivity contribution in [3.8, 4) is 0 Å². The topological polar surface area (TPSA) is 51.2 Å². The molecule has 1 fully saturated rings. The second kappa shape index (κ2) is 4.72. The van der Waals surface area contributed by atoms with Gasteiger partial charge in [-0.25, -0.2) is 0 Å². The predicted molar refractivity (Wildman–Crippen MR) is 59.1 cm³/mol. The van der Waals surface area contributed by atoms with E-state index in [1.807, 2.05) is 13.0 Å². The van der Waals surface area contributed by atoms with Gasteiger partial charge >= 0.3 is 0 Å². The summed E-state index contributed by atoms with van der Waals surface area (Å²) in [7, 11) is 0. The number of rotatable bonds is 2. The second-order valence-electron chi connectivity index (χ2n) is 3.68. The molecule has 0 radical (unpaired) electrons. The van der Waals surface area contributed by atoms with Gasteiger partial charge in [0.15, 0.2) is 0 Å². The molecule has 1 amide bonds. The lowest BCUT2D eigenvalue weighted by atomic mass is 10.1. The van der Waals surface area contributed by atoms with Gasteiger partial charge in [-0.15, -0.1) is 0 Å². The Labute approximate surface area is 92.8 Å². The summed E-state index contributed by atoms with van der Waals surface area (Å²) < 4.78 is 9.49. The van der Waals surface area contributed by atoms with Gasteiger partial charge in [-0.05, 0) is 43.8 Å². The van der Waals surface area contributed by atoms with E-state index in [0.29, 0.717) is 6.61 Å². The monoisotopic (exact) mass is 226 g/mol. The lowest BCUT2D eigenvalue weighted by Crippen LogP contribution is -2.32. The first-order chi connectivity index (χ1) is 7.25. The third-order valence-corrected chi connectivity index (χ3v) is 3.14. The molecule has 0 aliphatic carbocycles. The molecule has 1 aromatic rings. The van der Waals surface area contributed by atoms with E-state index in [1.165, 1.54) is 11.5 Å². The highest BCUT2D eigenvalue weighted by molar-refractivity contribution is 7.10. The fourth-order valence-corrected chi connectivity index (χ4v) is 2.24.